The van der Waals surface area contributed by atoms with Crippen molar-refractivity contribution in [3.8, 4) is 0 Å². The Morgan fingerprint density at radius 2 is 2.29 bits per heavy atom. The Bertz CT molecular complexity index is 459. The average Bonchev–Trinajstić information content (AvgIpc) is 2.28. The highest BCUT2D eigenvalue weighted by Crippen LogP contribution is 2.13. The van der Waals surface area contributed by atoms with Crippen molar-refractivity contribution in [2.24, 2.45) is 5.16 Å². The highest BCUT2D eigenvalue weighted by Gasteiger charge is 2.17. The van der Waals surface area contributed by atoms with E-state index in [0.717, 1.165) is 6.26 Å². The Morgan fingerprint density at radius 1 is 1.53 bits per heavy atom. The Balaban J connectivity index is 2.76. The highest BCUT2D eigenvalue weighted by atomic mass is 32.2. The number of unbranched alkanes of at least 4 members (excludes halogenated alkanes) is 1. The summed E-state index contributed by atoms with van der Waals surface area (Å²) in [5, 5.41) is 11.1. The van der Waals surface area contributed by atoms with Gasteiger partial charge in [-0.3, -0.25) is 4.31 Å². The molecule has 0 unspecified atom stereocenters. The van der Waals surface area contributed by atoms with Gasteiger partial charge in [-0.25, -0.2) is 13.4 Å². The number of sulfonamides is 1. The lowest BCUT2D eigenvalue weighted by Gasteiger charge is -2.20. The van der Waals surface area contributed by atoms with Crippen molar-refractivity contribution in [1.29, 1.82) is 0 Å². The van der Waals surface area contributed by atoms with E-state index in [4.69, 9.17) is 5.21 Å². The number of pyridine rings is 1. The predicted molar refractivity (Wildman–Crippen MR) is 65.9 cm³/mol. The SMILES string of the molecule is CS(=O)(=O)N(CCCC=NO)c1ccccn1. The van der Waals surface area contributed by atoms with E-state index in [1.807, 2.05) is 0 Å². The van der Waals surface area contributed by atoms with E-state index in [2.05, 4.69) is 10.1 Å². The minimum atomic E-state index is -3.34. The van der Waals surface area contributed by atoms with E-state index in [1.54, 1.807) is 24.4 Å². The number of hydrogen-bond donors (Lipinski definition) is 1. The monoisotopic (exact) mass is 257 g/mol. The van der Waals surface area contributed by atoms with Gasteiger partial charge >= 0.3 is 0 Å². The van der Waals surface area contributed by atoms with Crippen LogP contribution in [0.3, 0.4) is 0 Å². The van der Waals surface area contributed by atoms with Crippen molar-refractivity contribution in [3.05, 3.63) is 24.4 Å². The molecule has 1 aromatic heterocycles. The fourth-order valence-corrected chi connectivity index (χ4v) is 2.24. The standard InChI is InChI=1S/C10H15N3O3S/c1-17(15,16)13(9-5-4-8-12-14)10-6-2-3-7-11-10/h2-3,6-8,14H,4-5,9H2,1H3. The van der Waals surface area contributed by atoms with E-state index in [9.17, 15) is 8.42 Å². The van der Waals surface area contributed by atoms with Gasteiger partial charge in [0.25, 0.3) is 0 Å². The number of oxime groups is 1. The van der Waals surface area contributed by atoms with Gasteiger partial charge in [0.05, 0.1) is 6.26 Å². The van der Waals surface area contributed by atoms with E-state index in [0.29, 0.717) is 25.2 Å². The van der Waals surface area contributed by atoms with E-state index < -0.39 is 10.0 Å². The third-order valence-corrected chi connectivity index (χ3v) is 3.25. The van der Waals surface area contributed by atoms with Crippen LogP contribution in [0.15, 0.2) is 29.6 Å². The lowest BCUT2D eigenvalue weighted by molar-refractivity contribution is 0.320. The molecule has 0 aliphatic carbocycles. The second-order valence-corrected chi connectivity index (χ2v) is 5.37. The summed E-state index contributed by atoms with van der Waals surface area (Å²) in [7, 11) is -3.34. The third kappa shape index (κ3) is 4.39. The smallest absolute Gasteiger partial charge is 0.233 e. The van der Waals surface area contributed by atoms with Crippen molar-refractivity contribution in [2.75, 3.05) is 17.1 Å². The fraction of sp³-hybridized carbons (Fsp3) is 0.400. The maximum Gasteiger partial charge on any atom is 0.233 e. The Morgan fingerprint density at radius 3 is 2.82 bits per heavy atom. The molecule has 6 nitrogen and oxygen atoms in total. The minimum Gasteiger partial charge on any atom is -0.411 e. The summed E-state index contributed by atoms with van der Waals surface area (Å²) in [5.41, 5.74) is 0. The normalized spacial score (nSPS) is 11.8. The zero-order chi connectivity index (χ0) is 12.7. The van der Waals surface area contributed by atoms with Crippen molar-refractivity contribution >= 4 is 22.1 Å². The zero-order valence-electron chi connectivity index (χ0n) is 9.52. The van der Waals surface area contributed by atoms with Crippen LogP contribution in [-0.2, 0) is 10.0 Å². The van der Waals surface area contributed by atoms with Crippen molar-refractivity contribution in [1.82, 2.24) is 4.98 Å². The van der Waals surface area contributed by atoms with Crippen LogP contribution in [0.25, 0.3) is 0 Å². The van der Waals surface area contributed by atoms with Gasteiger partial charge in [0, 0.05) is 19.0 Å². The summed E-state index contributed by atoms with van der Waals surface area (Å²) in [4.78, 5) is 4.01. The molecule has 0 spiro atoms. The fourth-order valence-electron chi connectivity index (χ4n) is 1.34. The number of aromatic nitrogens is 1. The van der Waals surface area contributed by atoms with Crippen LogP contribution in [0, 0.1) is 0 Å². The lowest BCUT2D eigenvalue weighted by atomic mass is 10.3. The Hall–Kier alpha value is -1.63. The molecule has 0 saturated heterocycles. The van der Waals surface area contributed by atoms with Gasteiger partial charge in [0.1, 0.15) is 5.82 Å². The first-order valence-electron chi connectivity index (χ1n) is 5.10. The van der Waals surface area contributed by atoms with Crippen LogP contribution in [0.2, 0.25) is 0 Å². The number of hydrogen-bond acceptors (Lipinski definition) is 5. The summed E-state index contributed by atoms with van der Waals surface area (Å²) in [6.07, 6.45) is 5.09. The topological polar surface area (TPSA) is 82.9 Å². The summed E-state index contributed by atoms with van der Waals surface area (Å²) < 4.78 is 24.4. The first kappa shape index (κ1) is 13.4. The first-order chi connectivity index (χ1) is 8.05. The Kier molecular flexibility index (Phi) is 4.89. The van der Waals surface area contributed by atoms with Gasteiger partial charge < -0.3 is 5.21 Å². The van der Waals surface area contributed by atoms with Crippen LogP contribution in [0.5, 0.6) is 0 Å². The molecule has 0 fully saturated rings. The van der Waals surface area contributed by atoms with Gasteiger partial charge in [-0.15, -0.1) is 5.16 Å². The summed E-state index contributed by atoms with van der Waals surface area (Å²) in [5.74, 6) is 0.399. The molecule has 17 heavy (non-hydrogen) atoms. The molecule has 1 heterocycles. The molecule has 1 aromatic rings. The van der Waals surface area contributed by atoms with E-state index >= 15 is 0 Å². The van der Waals surface area contributed by atoms with Crippen molar-refractivity contribution in [3.63, 3.8) is 0 Å². The van der Waals surface area contributed by atoms with Gasteiger partial charge in [-0.1, -0.05) is 6.07 Å². The van der Waals surface area contributed by atoms with E-state index in [-0.39, 0.29) is 0 Å². The Labute approximate surface area is 101 Å². The summed E-state index contributed by atoms with van der Waals surface area (Å²) in [6, 6.07) is 5.10. The van der Waals surface area contributed by atoms with Crippen molar-refractivity contribution in [2.45, 2.75) is 12.8 Å². The molecule has 0 amide bonds. The molecule has 0 aromatic carbocycles. The second kappa shape index (κ2) is 6.19. The van der Waals surface area contributed by atoms with Crippen LogP contribution < -0.4 is 4.31 Å². The summed E-state index contributed by atoms with van der Waals surface area (Å²) in [6.45, 7) is 0.307. The molecule has 0 saturated carbocycles. The average molecular weight is 257 g/mol. The van der Waals surface area contributed by atoms with Gasteiger partial charge in [0.15, 0.2) is 0 Å². The van der Waals surface area contributed by atoms with Gasteiger partial charge in [0.2, 0.25) is 10.0 Å². The maximum absolute atomic E-state index is 11.6. The largest absolute Gasteiger partial charge is 0.411 e. The summed E-state index contributed by atoms with van der Waals surface area (Å²) >= 11 is 0. The zero-order valence-corrected chi connectivity index (χ0v) is 10.3. The van der Waals surface area contributed by atoms with Crippen LogP contribution in [0.1, 0.15) is 12.8 Å². The minimum absolute atomic E-state index is 0.307. The molecule has 0 aliphatic heterocycles. The van der Waals surface area contributed by atoms with Gasteiger partial charge in [-0.2, -0.15) is 0 Å². The lowest BCUT2D eigenvalue weighted by Crippen LogP contribution is -2.31. The van der Waals surface area contributed by atoms with Gasteiger partial charge in [-0.05, 0) is 25.0 Å². The highest BCUT2D eigenvalue weighted by molar-refractivity contribution is 7.92. The molecule has 0 atom stereocenters. The molecule has 0 bridgehead atoms. The molecule has 0 aliphatic rings. The van der Waals surface area contributed by atoms with Crippen LogP contribution in [-0.4, -0.2) is 37.6 Å². The van der Waals surface area contributed by atoms with E-state index in [1.165, 1.54) is 10.5 Å². The molecular formula is C10H15N3O3S. The first-order valence-corrected chi connectivity index (χ1v) is 6.95. The molecule has 1 N–H and O–H groups in total. The molecule has 0 radical (unpaired) electrons. The molecular weight excluding hydrogens is 242 g/mol. The van der Waals surface area contributed by atoms with Crippen LogP contribution >= 0.6 is 0 Å². The molecule has 7 heteroatoms. The maximum atomic E-state index is 11.6. The van der Waals surface area contributed by atoms with Crippen LogP contribution in [0.4, 0.5) is 5.82 Å². The number of anilines is 1. The predicted octanol–water partition coefficient (Wildman–Crippen LogP) is 1.09. The quantitative estimate of drug-likeness (QED) is 0.358. The molecule has 1 rings (SSSR count). The second-order valence-electron chi connectivity index (χ2n) is 3.46. The number of rotatable bonds is 6. The third-order valence-electron chi connectivity index (χ3n) is 2.08. The molecule has 94 valence electrons. The number of nitrogens with zero attached hydrogens (tertiary/aromatic N) is 3. The van der Waals surface area contributed by atoms with Crippen molar-refractivity contribution < 1.29 is 13.6 Å².